The number of anilines is 1. The fourth-order valence-corrected chi connectivity index (χ4v) is 3.63. The van der Waals surface area contributed by atoms with E-state index < -0.39 is 0 Å². The average molecular weight is 414 g/mol. The number of hydrogen-bond donors (Lipinski definition) is 2. The highest BCUT2D eigenvalue weighted by molar-refractivity contribution is 7.16. The fourth-order valence-electron chi connectivity index (χ4n) is 2.65. The number of aryl methyl sites for hydroxylation is 1. The van der Waals surface area contributed by atoms with E-state index in [4.69, 9.17) is 11.6 Å². The molecular weight excluding hydrogens is 394 g/mol. The van der Waals surface area contributed by atoms with Gasteiger partial charge in [0, 0.05) is 34.0 Å². The molecule has 0 atom stereocenters. The molecule has 3 aromatic rings. The summed E-state index contributed by atoms with van der Waals surface area (Å²) in [5.74, 6) is -0.255. The lowest BCUT2D eigenvalue weighted by Gasteiger charge is -2.05. The van der Waals surface area contributed by atoms with E-state index in [0.717, 1.165) is 16.1 Å². The number of thiazole rings is 1. The maximum Gasteiger partial charge on any atom is 0.251 e. The van der Waals surface area contributed by atoms with Crippen LogP contribution in [0.5, 0.6) is 0 Å². The number of benzene rings is 2. The van der Waals surface area contributed by atoms with Crippen molar-refractivity contribution in [1.29, 1.82) is 0 Å². The standard InChI is InChI=1S/C21H20ClN3O2S/c1-14-19(15-9-11-17(22)12-10-15)25-21(28-14)24-18(26)8-5-13-23-20(27)16-6-3-2-4-7-16/h2-4,6-7,9-12H,5,8,13H2,1H3,(H,23,27)(H,24,25,26). The van der Waals surface area contributed by atoms with Gasteiger partial charge in [-0.05, 0) is 37.6 Å². The van der Waals surface area contributed by atoms with Crippen molar-refractivity contribution in [2.75, 3.05) is 11.9 Å². The highest BCUT2D eigenvalue weighted by atomic mass is 35.5. The number of nitrogens with one attached hydrogen (secondary N) is 2. The molecule has 144 valence electrons. The van der Waals surface area contributed by atoms with Crippen molar-refractivity contribution in [2.45, 2.75) is 19.8 Å². The molecule has 1 aromatic heterocycles. The van der Waals surface area contributed by atoms with Crippen molar-refractivity contribution >= 4 is 39.9 Å². The zero-order valence-electron chi connectivity index (χ0n) is 15.4. The second-order valence-electron chi connectivity index (χ2n) is 6.20. The Morgan fingerprint density at radius 2 is 1.79 bits per heavy atom. The summed E-state index contributed by atoms with van der Waals surface area (Å²) in [6.45, 7) is 2.41. The molecule has 0 saturated carbocycles. The molecule has 2 amide bonds. The van der Waals surface area contributed by atoms with Crippen LogP contribution in [-0.2, 0) is 4.79 Å². The number of carbonyl (C=O) groups excluding carboxylic acids is 2. The summed E-state index contributed by atoms with van der Waals surface area (Å²) in [6.07, 6.45) is 0.864. The molecule has 0 aliphatic carbocycles. The lowest BCUT2D eigenvalue weighted by atomic mass is 10.1. The number of halogens is 1. The second kappa shape index (κ2) is 9.48. The van der Waals surface area contributed by atoms with E-state index in [1.807, 2.05) is 49.4 Å². The third kappa shape index (κ3) is 5.41. The lowest BCUT2D eigenvalue weighted by Crippen LogP contribution is -2.25. The summed E-state index contributed by atoms with van der Waals surface area (Å²) in [5, 5.41) is 6.89. The molecule has 0 spiro atoms. The van der Waals surface area contributed by atoms with Crippen molar-refractivity contribution < 1.29 is 9.59 Å². The van der Waals surface area contributed by atoms with Gasteiger partial charge in [0.25, 0.3) is 5.91 Å². The molecule has 5 nitrogen and oxygen atoms in total. The highest BCUT2D eigenvalue weighted by Crippen LogP contribution is 2.31. The van der Waals surface area contributed by atoms with Crippen LogP contribution in [0, 0.1) is 6.92 Å². The van der Waals surface area contributed by atoms with Crippen molar-refractivity contribution in [2.24, 2.45) is 0 Å². The maximum atomic E-state index is 12.2. The van der Waals surface area contributed by atoms with Crippen LogP contribution < -0.4 is 10.6 Å². The van der Waals surface area contributed by atoms with Gasteiger partial charge >= 0.3 is 0 Å². The molecule has 2 N–H and O–H groups in total. The zero-order chi connectivity index (χ0) is 19.9. The number of amides is 2. The Balaban J connectivity index is 1.47. The summed E-state index contributed by atoms with van der Waals surface area (Å²) in [4.78, 5) is 29.6. The van der Waals surface area contributed by atoms with Gasteiger partial charge in [-0.2, -0.15) is 0 Å². The first-order valence-corrected chi connectivity index (χ1v) is 10.1. The van der Waals surface area contributed by atoms with E-state index in [2.05, 4.69) is 15.6 Å². The van der Waals surface area contributed by atoms with Gasteiger partial charge in [-0.15, -0.1) is 11.3 Å². The third-order valence-electron chi connectivity index (χ3n) is 4.06. The van der Waals surface area contributed by atoms with Crippen LogP contribution in [0.2, 0.25) is 5.02 Å². The van der Waals surface area contributed by atoms with E-state index >= 15 is 0 Å². The molecule has 28 heavy (non-hydrogen) atoms. The molecular formula is C21H20ClN3O2S. The molecule has 0 fully saturated rings. The van der Waals surface area contributed by atoms with Gasteiger partial charge in [-0.1, -0.05) is 41.9 Å². The Bertz CT molecular complexity index is 956. The molecule has 0 bridgehead atoms. The Kier molecular flexibility index (Phi) is 6.79. The first-order valence-electron chi connectivity index (χ1n) is 8.89. The topological polar surface area (TPSA) is 71.1 Å². The van der Waals surface area contributed by atoms with Gasteiger partial charge in [0.15, 0.2) is 5.13 Å². The summed E-state index contributed by atoms with van der Waals surface area (Å²) >= 11 is 7.36. The second-order valence-corrected chi connectivity index (χ2v) is 7.84. The molecule has 0 aliphatic heterocycles. The van der Waals surface area contributed by atoms with Gasteiger partial charge in [-0.25, -0.2) is 4.98 Å². The van der Waals surface area contributed by atoms with Gasteiger partial charge in [0.2, 0.25) is 5.91 Å². The summed E-state index contributed by atoms with van der Waals surface area (Å²) in [5.41, 5.74) is 2.41. The van der Waals surface area contributed by atoms with Crippen molar-refractivity contribution in [3.05, 3.63) is 70.1 Å². The molecule has 0 unspecified atom stereocenters. The number of aromatic nitrogens is 1. The fraction of sp³-hybridized carbons (Fsp3) is 0.190. The van der Waals surface area contributed by atoms with Crippen LogP contribution in [0.25, 0.3) is 11.3 Å². The van der Waals surface area contributed by atoms with E-state index in [1.165, 1.54) is 11.3 Å². The smallest absolute Gasteiger partial charge is 0.251 e. The predicted octanol–water partition coefficient (Wildman–Crippen LogP) is 4.92. The average Bonchev–Trinajstić information content (AvgIpc) is 3.06. The molecule has 7 heteroatoms. The number of carbonyl (C=O) groups is 2. The molecule has 2 aromatic carbocycles. The highest BCUT2D eigenvalue weighted by Gasteiger charge is 2.12. The normalized spacial score (nSPS) is 10.5. The first-order chi connectivity index (χ1) is 13.5. The minimum absolute atomic E-state index is 0.120. The quantitative estimate of drug-likeness (QED) is 0.540. The molecule has 1 heterocycles. The van der Waals surface area contributed by atoms with Crippen LogP contribution in [0.4, 0.5) is 5.13 Å². The largest absolute Gasteiger partial charge is 0.352 e. The molecule has 0 saturated heterocycles. The molecule has 3 rings (SSSR count). The van der Waals surface area contributed by atoms with E-state index in [9.17, 15) is 9.59 Å². The molecule has 0 radical (unpaired) electrons. The predicted molar refractivity (Wildman–Crippen MR) is 114 cm³/mol. The van der Waals surface area contributed by atoms with Crippen molar-refractivity contribution in [1.82, 2.24) is 10.3 Å². The Hall–Kier alpha value is -2.70. The lowest BCUT2D eigenvalue weighted by molar-refractivity contribution is -0.116. The maximum absolute atomic E-state index is 12.2. The van der Waals surface area contributed by atoms with Gasteiger partial charge in [0.1, 0.15) is 0 Å². The minimum Gasteiger partial charge on any atom is -0.352 e. The number of rotatable bonds is 7. The third-order valence-corrected chi connectivity index (χ3v) is 5.20. The van der Waals surface area contributed by atoms with E-state index in [0.29, 0.717) is 35.1 Å². The molecule has 0 aliphatic rings. The minimum atomic E-state index is -0.135. The summed E-state index contributed by atoms with van der Waals surface area (Å²) < 4.78 is 0. The van der Waals surface area contributed by atoms with Crippen LogP contribution in [0.3, 0.4) is 0 Å². The number of hydrogen-bond acceptors (Lipinski definition) is 4. The van der Waals surface area contributed by atoms with E-state index in [1.54, 1.807) is 12.1 Å². The van der Waals surface area contributed by atoms with Crippen LogP contribution in [-0.4, -0.2) is 23.3 Å². The SMILES string of the molecule is Cc1sc(NC(=O)CCCNC(=O)c2ccccc2)nc1-c1ccc(Cl)cc1. The van der Waals surface area contributed by atoms with E-state index in [-0.39, 0.29) is 11.8 Å². The van der Waals surface area contributed by atoms with Crippen molar-refractivity contribution in [3.63, 3.8) is 0 Å². The Labute approximate surface area is 172 Å². The van der Waals surface area contributed by atoms with Crippen LogP contribution in [0.1, 0.15) is 28.1 Å². The van der Waals surface area contributed by atoms with Gasteiger partial charge in [-0.3, -0.25) is 9.59 Å². The monoisotopic (exact) mass is 413 g/mol. The first kappa shape index (κ1) is 20.0. The Morgan fingerprint density at radius 1 is 1.07 bits per heavy atom. The van der Waals surface area contributed by atoms with Crippen LogP contribution >= 0.6 is 22.9 Å². The number of nitrogens with zero attached hydrogens (tertiary/aromatic N) is 1. The summed E-state index contributed by atoms with van der Waals surface area (Å²) in [6, 6.07) is 16.5. The zero-order valence-corrected chi connectivity index (χ0v) is 16.9. The van der Waals surface area contributed by atoms with Crippen LogP contribution in [0.15, 0.2) is 54.6 Å². The summed E-state index contributed by atoms with van der Waals surface area (Å²) in [7, 11) is 0. The van der Waals surface area contributed by atoms with Crippen molar-refractivity contribution in [3.8, 4) is 11.3 Å². The Morgan fingerprint density at radius 3 is 2.50 bits per heavy atom. The van der Waals surface area contributed by atoms with Gasteiger partial charge < -0.3 is 10.6 Å². The van der Waals surface area contributed by atoms with Gasteiger partial charge in [0.05, 0.1) is 5.69 Å².